The summed E-state index contributed by atoms with van der Waals surface area (Å²) in [6, 6.07) is 7.79. The van der Waals surface area contributed by atoms with E-state index in [2.05, 4.69) is 14.5 Å². The van der Waals surface area contributed by atoms with Crippen molar-refractivity contribution < 1.29 is 9.53 Å². The molecule has 0 amide bonds. The fourth-order valence-electron chi connectivity index (χ4n) is 3.27. The molecule has 3 heterocycles. The molecular formula is C20H21N3O2. The van der Waals surface area contributed by atoms with Gasteiger partial charge in [-0.15, -0.1) is 0 Å². The van der Waals surface area contributed by atoms with E-state index in [9.17, 15) is 4.79 Å². The number of hydrogen-bond donors (Lipinski definition) is 0. The maximum atomic E-state index is 12.5. The second-order valence-electron chi connectivity index (χ2n) is 5.87. The lowest BCUT2D eigenvalue weighted by Crippen LogP contribution is -2.08. The third kappa shape index (κ3) is 3.23. The lowest BCUT2D eigenvalue weighted by atomic mass is 10.0. The van der Waals surface area contributed by atoms with Crippen LogP contribution in [-0.2, 0) is 11.3 Å². The van der Waals surface area contributed by atoms with E-state index in [1.165, 1.54) is 0 Å². The van der Waals surface area contributed by atoms with Crippen LogP contribution in [0.4, 0.5) is 0 Å². The van der Waals surface area contributed by atoms with Crippen LogP contribution in [-0.4, -0.2) is 34.0 Å². The minimum atomic E-state index is 0.0517. The standard InChI is InChI=1S/C20H21N3O2/c1-14-18(15(2)24)20(17-6-10-22-11-7-17)23(12-13-25-3)19(14)16-4-8-21-9-5-16/h4-11H,12-13H2,1-3H3. The molecule has 25 heavy (non-hydrogen) atoms. The molecule has 0 atom stereocenters. The first kappa shape index (κ1) is 17.0. The molecule has 0 saturated carbocycles. The van der Waals surface area contributed by atoms with Gasteiger partial charge in [-0.05, 0) is 43.7 Å². The molecule has 0 saturated heterocycles. The second-order valence-corrected chi connectivity index (χ2v) is 5.87. The Kier molecular flexibility index (Phi) is 5.05. The van der Waals surface area contributed by atoms with Crippen LogP contribution >= 0.6 is 0 Å². The number of rotatable bonds is 6. The van der Waals surface area contributed by atoms with Crippen molar-refractivity contribution in [2.75, 3.05) is 13.7 Å². The van der Waals surface area contributed by atoms with Gasteiger partial charge in [0.2, 0.25) is 0 Å². The quantitative estimate of drug-likeness (QED) is 0.644. The minimum Gasteiger partial charge on any atom is -0.383 e. The Balaban J connectivity index is 2.34. The van der Waals surface area contributed by atoms with Gasteiger partial charge in [-0.1, -0.05) is 0 Å². The molecule has 0 aliphatic rings. The molecule has 0 spiro atoms. The molecule has 5 heteroatoms. The molecule has 0 bridgehead atoms. The smallest absolute Gasteiger partial charge is 0.162 e. The average Bonchev–Trinajstić information content (AvgIpc) is 2.93. The highest BCUT2D eigenvalue weighted by Crippen LogP contribution is 2.37. The van der Waals surface area contributed by atoms with Gasteiger partial charge in [0.15, 0.2) is 5.78 Å². The van der Waals surface area contributed by atoms with E-state index in [1.54, 1.807) is 38.8 Å². The Labute approximate surface area is 147 Å². The number of aromatic nitrogens is 3. The van der Waals surface area contributed by atoms with Gasteiger partial charge in [0, 0.05) is 55.1 Å². The third-order valence-electron chi connectivity index (χ3n) is 4.29. The SMILES string of the molecule is COCCn1c(-c2ccncc2)c(C)c(C(C)=O)c1-c1ccncc1. The number of pyridine rings is 2. The van der Waals surface area contributed by atoms with E-state index in [4.69, 9.17) is 4.74 Å². The molecule has 0 radical (unpaired) electrons. The molecule has 0 aliphatic heterocycles. The van der Waals surface area contributed by atoms with Crippen molar-refractivity contribution in [1.29, 1.82) is 0 Å². The summed E-state index contributed by atoms with van der Waals surface area (Å²) in [7, 11) is 1.68. The summed E-state index contributed by atoms with van der Waals surface area (Å²) < 4.78 is 7.47. The van der Waals surface area contributed by atoms with E-state index in [1.807, 2.05) is 31.2 Å². The molecule has 0 aromatic carbocycles. The fraction of sp³-hybridized carbons (Fsp3) is 0.250. The molecule has 0 fully saturated rings. The number of Topliss-reactive ketones (excluding diaryl/α,β-unsaturated/α-hetero) is 1. The normalized spacial score (nSPS) is 10.8. The Morgan fingerprint density at radius 2 is 1.52 bits per heavy atom. The van der Waals surface area contributed by atoms with Crippen molar-refractivity contribution in [3.63, 3.8) is 0 Å². The Morgan fingerprint density at radius 3 is 2.00 bits per heavy atom. The van der Waals surface area contributed by atoms with Crippen LogP contribution < -0.4 is 0 Å². The van der Waals surface area contributed by atoms with Gasteiger partial charge < -0.3 is 9.30 Å². The highest BCUT2D eigenvalue weighted by molar-refractivity contribution is 6.04. The van der Waals surface area contributed by atoms with E-state index in [-0.39, 0.29) is 5.78 Å². The van der Waals surface area contributed by atoms with Crippen LogP contribution in [0, 0.1) is 6.92 Å². The predicted octanol–water partition coefficient (Wildman–Crippen LogP) is 3.77. The second kappa shape index (κ2) is 7.40. The van der Waals surface area contributed by atoms with E-state index >= 15 is 0 Å². The van der Waals surface area contributed by atoms with Crippen molar-refractivity contribution in [2.45, 2.75) is 20.4 Å². The summed E-state index contributed by atoms with van der Waals surface area (Å²) in [6.45, 7) is 4.83. The van der Waals surface area contributed by atoms with Crippen LogP contribution in [0.3, 0.4) is 0 Å². The fourth-order valence-corrected chi connectivity index (χ4v) is 3.27. The largest absolute Gasteiger partial charge is 0.383 e. The highest BCUT2D eigenvalue weighted by atomic mass is 16.5. The van der Waals surface area contributed by atoms with Crippen molar-refractivity contribution in [3.8, 4) is 22.5 Å². The summed E-state index contributed by atoms with van der Waals surface area (Å²) in [5.41, 5.74) is 5.66. The Hall–Kier alpha value is -2.79. The van der Waals surface area contributed by atoms with Crippen LogP contribution in [0.5, 0.6) is 0 Å². The molecule has 0 unspecified atom stereocenters. The van der Waals surface area contributed by atoms with Gasteiger partial charge in [-0.3, -0.25) is 14.8 Å². The Morgan fingerprint density at radius 1 is 1.00 bits per heavy atom. The minimum absolute atomic E-state index is 0.0517. The molecule has 128 valence electrons. The summed E-state index contributed by atoms with van der Waals surface area (Å²) in [5.74, 6) is 0.0517. The molecule has 5 nitrogen and oxygen atoms in total. The maximum absolute atomic E-state index is 12.5. The van der Waals surface area contributed by atoms with Crippen LogP contribution in [0.1, 0.15) is 22.8 Å². The van der Waals surface area contributed by atoms with Gasteiger partial charge in [-0.2, -0.15) is 0 Å². The van der Waals surface area contributed by atoms with Gasteiger partial charge in [0.05, 0.1) is 18.0 Å². The zero-order chi connectivity index (χ0) is 17.8. The lowest BCUT2D eigenvalue weighted by Gasteiger charge is -2.14. The molecule has 3 aromatic heterocycles. The van der Waals surface area contributed by atoms with Crippen molar-refractivity contribution in [3.05, 3.63) is 60.2 Å². The van der Waals surface area contributed by atoms with Crippen LogP contribution in [0.25, 0.3) is 22.5 Å². The molecular weight excluding hydrogens is 314 g/mol. The number of nitrogens with zero attached hydrogens (tertiary/aromatic N) is 3. The monoisotopic (exact) mass is 335 g/mol. The number of carbonyl (C=O) groups is 1. The molecule has 3 aromatic rings. The van der Waals surface area contributed by atoms with Gasteiger partial charge in [0.25, 0.3) is 0 Å². The van der Waals surface area contributed by atoms with Crippen molar-refractivity contribution in [1.82, 2.24) is 14.5 Å². The first-order valence-corrected chi connectivity index (χ1v) is 8.19. The van der Waals surface area contributed by atoms with E-state index < -0.39 is 0 Å². The predicted molar refractivity (Wildman–Crippen MR) is 97.5 cm³/mol. The number of ether oxygens (including phenoxy) is 1. The Bertz CT molecular complexity index is 871. The third-order valence-corrected chi connectivity index (χ3v) is 4.29. The number of hydrogen-bond acceptors (Lipinski definition) is 4. The van der Waals surface area contributed by atoms with Gasteiger partial charge in [-0.25, -0.2) is 0 Å². The van der Waals surface area contributed by atoms with Gasteiger partial charge >= 0.3 is 0 Å². The molecule has 3 rings (SSSR count). The zero-order valence-electron chi connectivity index (χ0n) is 14.7. The number of methoxy groups -OCH3 is 1. The number of ketones is 1. The van der Waals surface area contributed by atoms with Crippen LogP contribution in [0.15, 0.2) is 49.1 Å². The van der Waals surface area contributed by atoms with Gasteiger partial charge in [0.1, 0.15) is 0 Å². The highest BCUT2D eigenvalue weighted by Gasteiger charge is 2.24. The zero-order valence-corrected chi connectivity index (χ0v) is 14.7. The molecule has 0 aliphatic carbocycles. The summed E-state index contributed by atoms with van der Waals surface area (Å²) in [6.07, 6.45) is 7.02. The first-order chi connectivity index (χ1) is 12.1. The lowest BCUT2D eigenvalue weighted by molar-refractivity contribution is 0.101. The van der Waals surface area contributed by atoms with E-state index in [0.29, 0.717) is 13.2 Å². The first-order valence-electron chi connectivity index (χ1n) is 8.19. The maximum Gasteiger partial charge on any atom is 0.162 e. The topological polar surface area (TPSA) is 57.0 Å². The molecule has 0 N–H and O–H groups in total. The summed E-state index contributed by atoms with van der Waals surface area (Å²) in [5, 5.41) is 0. The van der Waals surface area contributed by atoms with Crippen molar-refractivity contribution in [2.24, 2.45) is 0 Å². The summed E-state index contributed by atoms with van der Waals surface area (Å²) in [4.78, 5) is 20.7. The van der Waals surface area contributed by atoms with E-state index in [0.717, 1.165) is 33.6 Å². The van der Waals surface area contributed by atoms with Crippen LogP contribution in [0.2, 0.25) is 0 Å². The summed E-state index contributed by atoms with van der Waals surface area (Å²) >= 11 is 0. The average molecular weight is 335 g/mol. The van der Waals surface area contributed by atoms with Crippen molar-refractivity contribution >= 4 is 5.78 Å². The number of carbonyl (C=O) groups excluding carboxylic acids is 1.